The van der Waals surface area contributed by atoms with Crippen LogP contribution in [0.15, 0.2) is 18.2 Å². The highest BCUT2D eigenvalue weighted by Gasteiger charge is 2.13. The molecule has 0 atom stereocenters. The number of nitrogens with two attached hydrogens (primary N) is 1. The van der Waals surface area contributed by atoms with Crippen molar-refractivity contribution in [1.29, 1.82) is 5.26 Å². The molecule has 0 saturated carbocycles. The molecular formula is C13H16FN3O. The molecule has 0 radical (unpaired) electrons. The summed E-state index contributed by atoms with van der Waals surface area (Å²) in [5.74, 6) is -0.882. The normalized spacial score (nSPS) is 10.7. The van der Waals surface area contributed by atoms with Crippen LogP contribution >= 0.6 is 0 Å². The number of nitrogens with zero attached hydrogens (tertiary/aromatic N) is 2. The molecule has 0 aromatic heterocycles. The van der Waals surface area contributed by atoms with Crippen LogP contribution < -0.4 is 5.73 Å². The molecule has 0 aliphatic heterocycles. The minimum absolute atomic E-state index is 0.103. The first kappa shape index (κ1) is 14.1. The Morgan fingerprint density at radius 1 is 1.50 bits per heavy atom. The van der Waals surface area contributed by atoms with Gasteiger partial charge >= 0.3 is 0 Å². The Morgan fingerprint density at radius 3 is 2.67 bits per heavy atom. The van der Waals surface area contributed by atoms with Crippen molar-refractivity contribution in [3.8, 4) is 6.07 Å². The van der Waals surface area contributed by atoms with Crippen molar-refractivity contribution >= 4 is 5.91 Å². The lowest BCUT2D eigenvalue weighted by atomic mass is 10.1. The van der Waals surface area contributed by atoms with Gasteiger partial charge in [-0.1, -0.05) is 0 Å². The second-order valence-electron chi connectivity index (χ2n) is 4.43. The molecule has 0 saturated heterocycles. The molecule has 1 aromatic rings. The van der Waals surface area contributed by atoms with Crippen molar-refractivity contribution in [1.82, 2.24) is 4.90 Å². The zero-order chi connectivity index (χ0) is 13.7. The first-order valence-corrected chi connectivity index (χ1v) is 5.64. The Bertz CT molecular complexity index is 480. The molecule has 0 bridgehead atoms. The fraction of sp³-hybridized carbons (Fsp3) is 0.385. The number of amides is 1. The maximum atomic E-state index is 13.3. The maximum Gasteiger partial charge on any atom is 0.231 e. The molecule has 0 spiro atoms. The van der Waals surface area contributed by atoms with Crippen molar-refractivity contribution in [3.05, 3.63) is 35.1 Å². The van der Waals surface area contributed by atoms with Gasteiger partial charge in [0, 0.05) is 12.6 Å². The summed E-state index contributed by atoms with van der Waals surface area (Å²) in [6.45, 7) is 4.34. The summed E-state index contributed by atoms with van der Waals surface area (Å²) in [6, 6.07) is 6.15. The highest BCUT2D eigenvalue weighted by molar-refractivity contribution is 5.75. The highest BCUT2D eigenvalue weighted by atomic mass is 19.1. The van der Waals surface area contributed by atoms with E-state index < -0.39 is 11.7 Å². The minimum Gasteiger partial charge on any atom is -0.369 e. The maximum absolute atomic E-state index is 13.3. The second kappa shape index (κ2) is 6.12. The number of benzene rings is 1. The van der Waals surface area contributed by atoms with E-state index in [4.69, 9.17) is 11.0 Å². The third kappa shape index (κ3) is 4.15. The lowest BCUT2D eigenvalue weighted by Crippen LogP contribution is -2.38. The van der Waals surface area contributed by atoms with Gasteiger partial charge in [-0.2, -0.15) is 5.26 Å². The number of halogens is 1. The summed E-state index contributed by atoms with van der Waals surface area (Å²) in [4.78, 5) is 12.8. The van der Waals surface area contributed by atoms with E-state index in [9.17, 15) is 9.18 Å². The van der Waals surface area contributed by atoms with Crippen LogP contribution in [0.5, 0.6) is 0 Å². The molecule has 1 rings (SSSR count). The first-order valence-electron chi connectivity index (χ1n) is 5.64. The Hall–Kier alpha value is -1.93. The minimum atomic E-state index is -0.452. The van der Waals surface area contributed by atoms with Crippen LogP contribution in [-0.2, 0) is 11.3 Å². The summed E-state index contributed by atoms with van der Waals surface area (Å²) in [6.07, 6.45) is 0. The van der Waals surface area contributed by atoms with Gasteiger partial charge in [-0.3, -0.25) is 9.69 Å². The van der Waals surface area contributed by atoms with Gasteiger partial charge in [0.25, 0.3) is 0 Å². The van der Waals surface area contributed by atoms with Crippen LogP contribution in [0.3, 0.4) is 0 Å². The van der Waals surface area contributed by atoms with Gasteiger partial charge in [0.15, 0.2) is 0 Å². The molecule has 1 amide bonds. The third-order valence-corrected chi connectivity index (χ3v) is 2.56. The number of nitriles is 1. The van der Waals surface area contributed by atoms with Crippen LogP contribution in [0.4, 0.5) is 4.39 Å². The first-order chi connectivity index (χ1) is 8.42. The van der Waals surface area contributed by atoms with E-state index in [1.807, 2.05) is 24.8 Å². The van der Waals surface area contributed by atoms with Crippen molar-refractivity contribution in [2.75, 3.05) is 6.54 Å². The largest absolute Gasteiger partial charge is 0.369 e. The zero-order valence-corrected chi connectivity index (χ0v) is 10.5. The SMILES string of the molecule is CC(C)N(CC(N)=O)Cc1cc(F)cc(C#N)c1. The molecule has 2 N–H and O–H groups in total. The topological polar surface area (TPSA) is 70.1 Å². The van der Waals surface area contributed by atoms with E-state index in [0.717, 1.165) is 0 Å². The lowest BCUT2D eigenvalue weighted by Gasteiger charge is -2.25. The predicted octanol–water partition coefficient (Wildman–Crippen LogP) is 1.39. The molecule has 18 heavy (non-hydrogen) atoms. The monoisotopic (exact) mass is 249 g/mol. The average molecular weight is 249 g/mol. The molecular weight excluding hydrogens is 233 g/mol. The van der Waals surface area contributed by atoms with Crippen LogP contribution in [0.25, 0.3) is 0 Å². The smallest absolute Gasteiger partial charge is 0.231 e. The van der Waals surface area contributed by atoms with E-state index in [1.54, 1.807) is 6.07 Å². The number of carbonyl (C=O) groups is 1. The Morgan fingerprint density at radius 2 is 2.17 bits per heavy atom. The number of hydrogen-bond donors (Lipinski definition) is 1. The van der Waals surface area contributed by atoms with Crippen molar-refractivity contribution in [2.24, 2.45) is 5.73 Å². The van der Waals surface area contributed by atoms with Gasteiger partial charge in [0.1, 0.15) is 5.82 Å². The number of carbonyl (C=O) groups excluding carboxylic acids is 1. The van der Waals surface area contributed by atoms with E-state index in [-0.39, 0.29) is 18.2 Å². The van der Waals surface area contributed by atoms with Gasteiger partial charge in [0.2, 0.25) is 5.91 Å². The molecule has 0 unspecified atom stereocenters. The summed E-state index contributed by atoms with van der Waals surface area (Å²) in [7, 11) is 0. The molecule has 5 heteroatoms. The van der Waals surface area contributed by atoms with Crippen LogP contribution in [0.1, 0.15) is 25.0 Å². The van der Waals surface area contributed by atoms with E-state index in [0.29, 0.717) is 12.1 Å². The van der Waals surface area contributed by atoms with Gasteiger partial charge in [-0.25, -0.2) is 4.39 Å². The summed E-state index contributed by atoms with van der Waals surface area (Å²) in [5, 5.41) is 8.77. The second-order valence-corrected chi connectivity index (χ2v) is 4.43. The summed E-state index contributed by atoms with van der Waals surface area (Å²) < 4.78 is 13.3. The number of primary amides is 1. The van der Waals surface area contributed by atoms with E-state index in [1.165, 1.54) is 12.1 Å². The fourth-order valence-corrected chi connectivity index (χ4v) is 1.66. The molecule has 0 aliphatic carbocycles. The molecule has 0 aliphatic rings. The van der Waals surface area contributed by atoms with Crippen LogP contribution in [0, 0.1) is 17.1 Å². The van der Waals surface area contributed by atoms with Gasteiger partial charge in [-0.05, 0) is 37.6 Å². The zero-order valence-electron chi connectivity index (χ0n) is 10.5. The van der Waals surface area contributed by atoms with Crippen molar-refractivity contribution in [3.63, 3.8) is 0 Å². The quantitative estimate of drug-likeness (QED) is 0.857. The third-order valence-electron chi connectivity index (χ3n) is 2.56. The Kier molecular flexibility index (Phi) is 4.81. The fourth-order valence-electron chi connectivity index (χ4n) is 1.66. The predicted molar refractivity (Wildman–Crippen MR) is 65.9 cm³/mol. The van der Waals surface area contributed by atoms with Crippen molar-refractivity contribution in [2.45, 2.75) is 26.4 Å². The van der Waals surface area contributed by atoms with Crippen molar-refractivity contribution < 1.29 is 9.18 Å². The Labute approximate surface area is 106 Å². The lowest BCUT2D eigenvalue weighted by molar-refractivity contribution is -0.119. The average Bonchev–Trinajstić information content (AvgIpc) is 2.26. The number of hydrogen-bond acceptors (Lipinski definition) is 3. The molecule has 0 heterocycles. The Balaban J connectivity index is 2.90. The summed E-state index contributed by atoms with van der Waals surface area (Å²) >= 11 is 0. The number of rotatable bonds is 5. The molecule has 0 fully saturated rings. The van der Waals surface area contributed by atoms with Gasteiger partial charge in [-0.15, -0.1) is 0 Å². The molecule has 4 nitrogen and oxygen atoms in total. The highest BCUT2D eigenvalue weighted by Crippen LogP contribution is 2.12. The molecule has 96 valence electrons. The summed E-state index contributed by atoms with van der Waals surface area (Å²) in [5.41, 5.74) is 6.09. The molecule has 1 aromatic carbocycles. The van der Waals surface area contributed by atoms with Gasteiger partial charge < -0.3 is 5.73 Å². The standard InChI is InChI=1S/C13H16FN3O/c1-9(2)17(8-13(16)18)7-11-3-10(6-15)4-12(14)5-11/h3-5,9H,7-8H2,1-2H3,(H2,16,18). The van der Waals surface area contributed by atoms with Crippen LogP contribution in [-0.4, -0.2) is 23.4 Å². The van der Waals surface area contributed by atoms with E-state index in [2.05, 4.69) is 0 Å². The van der Waals surface area contributed by atoms with Gasteiger partial charge in [0.05, 0.1) is 18.2 Å². The van der Waals surface area contributed by atoms with E-state index >= 15 is 0 Å². The van der Waals surface area contributed by atoms with Crippen LogP contribution in [0.2, 0.25) is 0 Å².